The molecule has 0 aliphatic heterocycles. The molecule has 0 saturated carbocycles. The molecule has 7 heteroatoms. The number of aromatic nitrogens is 5. The lowest BCUT2D eigenvalue weighted by molar-refractivity contribution is 0.0947. The van der Waals surface area contributed by atoms with Crippen LogP contribution in [0, 0.1) is 0 Å². The first-order chi connectivity index (χ1) is 13.3. The molecule has 27 heavy (non-hydrogen) atoms. The van der Waals surface area contributed by atoms with Gasteiger partial charge in [-0.15, -0.1) is 5.10 Å². The number of hydrogen-bond acceptors (Lipinski definition) is 6. The molecule has 1 aromatic carbocycles. The highest BCUT2D eigenvalue weighted by Gasteiger charge is 2.18. The van der Waals surface area contributed by atoms with Crippen LogP contribution in [-0.4, -0.2) is 30.6 Å². The lowest BCUT2D eigenvalue weighted by Gasteiger charge is -2.07. The Labute approximate surface area is 155 Å². The minimum absolute atomic E-state index is 0.253. The van der Waals surface area contributed by atoms with E-state index in [1.807, 2.05) is 30.3 Å². The quantitative estimate of drug-likeness (QED) is 0.591. The first kappa shape index (κ1) is 16.6. The summed E-state index contributed by atoms with van der Waals surface area (Å²) in [5.41, 5.74) is 2.30. The van der Waals surface area contributed by atoms with Crippen LogP contribution in [-0.2, 0) is 6.54 Å². The molecular weight excluding hydrogens is 340 g/mol. The maximum Gasteiger partial charge on any atom is 0.281 e. The van der Waals surface area contributed by atoms with Gasteiger partial charge < -0.3 is 5.32 Å². The standard InChI is InChI=1S/C20H16N6O/c27-19(17-6-2-1-3-7-17)26-20(23-14-15-5-4-10-22-13-15)24-18(25-26)16-8-11-21-12-9-16/h1-13H,14H2,(H,23,24,25). The third-order valence-corrected chi connectivity index (χ3v) is 3.93. The average Bonchev–Trinajstić information content (AvgIpc) is 3.18. The molecule has 0 aliphatic carbocycles. The summed E-state index contributed by atoms with van der Waals surface area (Å²) in [5.74, 6) is 0.576. The second-order valence-electron chi connectivity index (χ2n) is 5.79. The predicted octanol–water partition coefficient (Wildman–Crippen LogP) is 3.04. The summed E-state index contributed by atoms with van der Waals surface area (Å²) in [4.78, 5) is 25.5. The van der Waals surface area contributed by atoms with Crippen LogP contribution in [0.5, 0.6) is 0 Å². The summed E-state index contributed by atoms with van der Waals surface area (Å²) < 4.78 is 1.29. The fraction of sp³-hybridized carbons (Fsp3) is 0.0500. The summed E-state index contributed by atoms with van der Waals surface area (Å²) in [5, 5.41) is 7.60. The van der Waals surface area contributed by atoms with Crippen LogP contribution in [0.1, 0.15) is 15.9 Å². The van der Waals surface area contributed by atoms with E-state index in [-0.39, 0.29) is 5.91 Å². The number of carbonyl (C=O) groups excluding carboxylic acids is 1. The number of hydrogen-bond donors (Lipinski definition) is 1. The van der Waals surface area contributed by atoms with Gasteiger partial charge >= 0.3 is 0 Å². The molecule has 0 spiro atoms. The summed E-state index contributed by atoms with van der Waals surface area (Å²) in [6.45, 7) is 0.477. The minimum Gasteiger partial charge on any atom is -0.350 e. The molecule has 0 radical (unpaired) electrons. The maximum absolute atomic E-state index is 12.9. The van der Waals surface area contributed by atoms with E-state index in [2.05, 4.69) is 25.4 Å². The van der Waals surface area contributed by atoms with Gasteiger partial charge in [0.2, 0.25) is 5.95 Å². The average molecular weight is 356 g/mol. The fourth-order valence-corrected chi connectivity index (χ4v) is 2.58. The Morgan fingerprint density at radius 2 is 1.74 bits per heavy atom. The normalized spacial score (nSPS) is 10.5. The van der Waals surface area contributed by atoms with Crippen LogP contribution >= 0.6 is 0 Å². The van der Waals surface area contributed by atoms with Crippen molar-refractivity contribution in [3.8, 4) is 11.4 Å². The Bertz CT molecular complexity index is 1030. The van der Waals surface area contributed by atoms with Gasteiger partial charge in [0.25, 0.3) is 5.91 Å². The van der Waals surface area contributed by atoms with Crippen molar-refractivity contribution >= 4 is 11.9 Å². The van der Waals surface area contributed by atoms with Gasteiger partial charge in [-0.25, -0.2) is 0 Å². The van der Waals surface area contributed by atoms with Gasteiger partial charge in [-0.05, 0) is 35.9 Å². The third kappa shape index (κ3) is 3.72. The Balaban J connectivity index is 1.69. The van der Waals surface area contributed by atoms with Crippen LogP contribution < -0.4 is 5.32 Å². The molecule has 3 aromatic heterocycles. The summed E-state index contributed by atoms with van der Waals surface area (Å²) in [7, 11) is 0. The lowest BCUT2D eigenvalue weighted by atomic mass is 10.2. The zero-order valence-electron chi connectivity index (χ0n) is 14.4. The van der Waals surface area contributed by atoms with E-state index in [0.717, 1.165) is 11.1 Å². The van der Waals surface area contributed by atoms with Gasteiger partial charge in [0, 0.05) is 42.5 Å². The van der Waals surface area contributed by atoms with Crippen molar-refractivity contribution in [1.82, 2.24) is 24.7 Å². The summed E-state index contributed by atoms with van der Waals surface area (Å²) in [6.07, 6.45) is 6.80. The van der Waals surface area contributed by atoms with Crippen LogP contribution in [0.25, 0.3) is 11.4 Å². The van der Waals surface area contributed by atoms with E-state index in [1.165, 1.54) is 4.68 Å². The van der Waals surface area contributed by atoms with Crippen molar-refractivity contribution in [3.05, 3.63) is 90.5 Å². The molecule has 7 nitrogen and oxygen atoms in total. The van der Waals surface area contributed by atoms with Gasteiger partial charge in [-0.3, -0.25) is 14.8 Å². The monoisotopic (exact) mass is 356 g/mol. The first-order valence-electron chi connectivity index (χ1n) is 8.41. The second kappa shape index (κ2) is 7.57. The molecule has 4 aromatic rings. The lowest BCUT2D eigenvalue weighted by Crippen LogP contribution is -2.17. The summed E-state index contributed by atoms with van der Waals surface area (Å²) >= 11 is 0. The molecule has 0 unspecified atom stereocenters. The number of nitrogens with one attached hydrogen (secondary N) is 1. The van der Waals surface area contributed by atoms with Crippen molar-refractivity contribution in [3.63, 3.8) is 0 Å². The number of pyridine rings is 2. The highest BCUT2D eigenvalue weighted by Crippen LogP contribution is 2.18. The minimum atomic E-state index is -0.253. The van der Waals surface area contributed by atoms with E-state index in [0.29, 0.717) is 23.9 Å². The molecule has 1 N–H and O–H groups in total. The number of benzene rings is 1. The highest BCUT2D eigenvalue weighted by molar-refractivity contribution is 5.97. The third-order valence-electron chi connectivity index (χ3n) is 3.93. The van der Waals surface area contributed by atoms with Crippen molar-refractivity contribution in [1.29, 1.82) is 0 Å². The van der Waals surface area contributed by atoms with Crippen LogP contribution in [0.3, 0.4) is 0 Å². The molecule has 132 valence electrons. The molecule has 0 aliphatic rings. The van der Waals surface area contributed by atoms with E-state index >= 15 is 0 Å². The van der Waals surface area contributed by atoms with E-state index in [1.54, 1.807) is 49.1 Å². The van der Waals surface area contributed by atoms with Crippen molar-refractivity contribution in [2.75, 3.05) is 5.32 Å². The Morgan fingerprint density at radius 1 is 0.926 bits per heavy atom. The van der Waals surface area contributed by atoms with Gasteiger partial charge in [0.1, 0.15) is 0 Å². The second-order valence-corrected chi connectivity index (χ2v) is 5.79. The Kier molecular flexibility index (Phi) is 4.65. The first-order valence-corrected chi connectivity index (χ1v) is 8.41. The predicted molar refractivity (Wildman–Crippen MR) is 101 cm³/mol. The maximum atomic E-state index is 12.9. The van der Waals surface area contributed by atoms with Gasteiger partial charge in [0.05, 0.1) is 0 Å². The van der Waals surface area contributed by atoms with Gasteiger partial charge in [0.15, 0.2) is 5.82 Å². The van der Waals surface area contributed by atoms with Crippen molar-refractivity contribution < 1.29 is 4.79 Å². The largest absolute Gasteiger partial charge is 0.350 e. The highest BCUT2D eigenvalue weighted by atomic mass is 16.2. The van der Waals surface area contributed by atoms with E-state index in [9.17, 15) is 4.79 Å². The smallest absolute Gasteiger partial charge is 0.281 e. The topological polar surface area (TPSA) is 85.6 Å². The SMILES string of the molecule is O=C(c1ccccc1)n1nc(-c2ccncc2)nc1NCc1cccnc1. The Hall–Kier alpha value is -3.87. The molecular formula is C20H16N6O. The number of anilines is 1. The van der Waals surface area contributed by atoms with Crippen molar-refractivity contribution in [2.24, 2.45) is 0 Å². The van der Waals surface area contributed by atoms with E-state index in [4.69, 9.17) is 0 Å². The summed E-state index contributed by atoms with van der Waals surface area (Å²) in [6, 6.07) is 16.4. The van der Waals surface area contributed by atoms with Gasteiger partial charge in [-0.1, -0.05) is 24.3 Å². The number of nitrogens with zero attached hydrogens (tertiary/aromatic N) is 5. The van der Waals surface area contributed by atoms with Crippen molar-refractivity contribution in [2.45, 2.75) is 6.54 Å². The zero-order valence-corrected chi connectivity index (χ0v) is 14.4. The zero-order chi connectivity index (χ0) is 18.5. The van der Waals surface area contributed by atoms with Crippen LogP contribution in [0.2, 0.25) is 0 Å². The molecule has 0 atom stereocenters. The Morgan fingerprint density at radius 3 is 2.48 bits per heavy atom. The molecule has 0 saturated heterocycles. The van der Waals surface area contributed by atoms with Crippen LogP contribution in [0.15, 0.2) is 79.4 Å². The number of rotatable bonds is 5. The molecule has 0 bridgehead atoms. The molecule has 3 heterocycles. The number of carbonyl (C=O) groups is 1. The van der Waals surface area contributed by atoms with E-state index < -0.39 is 0 Å². The molecule has 4 rings (SSSR count). The van der Waals surface area contributed by atoms with Gasteiger partial charge in [-0.2, -0.15) is 9.67 Å². The molecule has 0 fully saturated rings. The van der Waals surface area contributed by atoms with Crippen LogP contribution in [0.4, 0.5) is 5.95 Å². The molecule has 0 amide bonds. The fourth-order valence-electron chi connectivity index (χ4n) is 2.58.